The van der Waals surface area contributed by atoms with E-state index in [0.29, 0.717) is 29.9 Å². The molecule has 0 spiro atoms. The second-order valence-electron chi connectivity index (χ2n) is 3.86. The molecule has 1 saturated heterocycles. The van der Waals surface area contributed by atoms with E-state index in [1.807, 2.05) is 6.92 Å². The molecule has 1 aliphatic heterocycles. The Morgan fingerprint density at radius 2 is 2.31 bits per heavy atom. The van der Waals surface area contributed by atoms with Gasteiger partial charge in [0.15, 0.2) is 0 Å². The van der Waals surface area contributed by atoms with E-state index in [-0.39, 0.29) is 11.8 Å². The van der Waals surface area contributed by atoms with Gasteiger partial charge < -0.3 is 0 Å². The summed E-state index contributed by atoms with van der Waals surface area (Å²) in [7, 11) is 0. The largest absolute Gasteiger partial charge is 0.280 e. The number of anilines is 1. The number of aromatic nitrogens is 2. The Hall–Kier alpha value is -0.870. The minimum atomic E-state index is 0.00677. The number of halogens is 2. The summed E-state index contributed by atoms with van der Waals surface area (Å²) in [4.78, 5) is 21.5. The first-order chi connectivity index (χ1) is 7.60. The smallest absolute Gasteiger partial charge is 0.233 e. The van der Waals surface area contributed by atoms with E-state index < -0.39 is 0 Å². The summed E-state index contributed by atoms with van der Waals surface area (Å²) < 4.78 is 0. The third-order valence-corrected chi connectivity index (χ3v) is 3.11. The van der Waals surface area contributed by atoms with Gasteiger partial charge in [-0.25, -0.2) is 9.97 Å². The molecular formula is C10H11Cl2N3O. The van der Waals surface area contributed by atoms with Crippen LogP contribution in [0.1, 0.15) is 12.1 Å². The van der Waals surface area contributed by atoms with E-state index in [9.17, 15) is 4.79 Å². The van der Waals surface area contributed by atoms with Crippen LogP contribution in [0.25, 0.3) is 0 Å². The molecule has 1 aliphatic rings. The monoisotopic (exact) mass is 259 g/mol. The van der Waals surface area contributed by atoms with Crippen molar-refractivity contribution in [3.63, 3.8) is 0 Å². The molecule has 86 valence electrons. The van der Waals surface area contributed by atoms with Gasteiger partial charge in [0.05, 0.1) is 0 Å². The van der Waals surface area contributed by atoms with E-state index in [1.54, 1.807) is 11.0 Å². The normalized spacial score (nSPS) is 20.6. The molecule has 1 atom stereocenters. The summed E-state index contributed by atoms with van der Waals surface area (Å²) in [5, 5.41) is 0.352. The number of rotatable bonds is 2. The molecule has 2 heterocycles. The van der Waals surface area contributed by atoms with Crippen LogP contribution < -0.4 is 4.90 Å². The molecular weight excluding hydrogens is 249 g/mol. The summed E-state index contributed by atoms with van der Waals surface area (Å²) in [6.45, 7) is 2.39. The first kappa shape index (κ1) is 11.6. The zero-order valence-corrected chi connectivity index (χ0v) is 10.3. The maximum absolute atomic E-state index is 11.7. The minimum absolute atomic E-state index is 0.00677. The molecule has 0 N–H and O–H groups in total. The van der Waals surface area contributed by atoms with E-state index >= 15 is 0 Å². The molecule has 1 fully saturated rings. The first-order valence-corrected chi connectivity index (χ1v) is 5.89. The highest BCUT2D eigenvalue weighted by atomic mass is 35.5. The highest BCUT2D eigenvalue weighted by Crippen LogP contribution is 2.24. The average Bonchev–Trinajstić information content (AvgIpc) is 2.58. The zero-order chi connectivity index (χ0) is 11.7. The van der Waals surface area contributed by atoms with E-state index in [1.165, 1.54) is 0 Å². The molecule has 0 radical (unpaired) electrons. The fraction of sp³-hybridized carbons (Fsp3) is 0.500. The lowest BCUT2D eigenvalue weighted by Crippen LogP contribution is -2.27. The van der Waals surface area contributed by atoms with Crippen molar-refractivity contribution < 1.29 is 4.79 Å². The molecule has 0 aliphatic carbocycles. The number of carbonyl (C=O) groups excluding carboxylic acids is 1. The Morgan fingerprint density at radius 1 is 1.56 bits per heavy atom. The lowest BCUT2D eigenvalue weighted by Gasteiger charge is -2.14. The Morgan fingerprint density at radius 3 is 2.88 bits per heavy atom. The Bertz CT molecular complexity index is 404. The average molecular weight is 260 g/mol. The van der Waals surface area contributed by atoms with Crippen LogP contribution in [0.3, 0.4) is 0 Å². The minimum Gasteiger partial charge on any atom is -0.280 e. The van der Waals surface area contributed by atoms with Crippen molar-refractivity contribution in [2.45, 2.75) is 13.3 Å². The van der Waals surface area contributed by atoms with Crippen molar-refractivity contribution in [1.82, 2.24) is 9.97 Å². The second-order valence-corrected chi connectivity index (χ2v) is 4.56. The molecule has 0 saturated carbocycles. The maximum atomic E-state index is 11.7. The van der Waals surface area contributed by atoms with Gasteiger partial charge in [-0.3, -0.25) is 9.69 Å². The summed E-state index contributed by atoms with van der Waals surface area (Å²) >= 11 is 11.6. The number of amides is 1. The highest BCUT2D eigenvalue weighted by molar-refractivity contribution is 6.29. The number of alkyl halides is 1. The number of hydrogen-bond donors (Lipinski definition) is 0. The molecule has 16 heavy (non-hydrogen) atoms. The predicted octanol–water partition coefficient (Wildman–Crippen LogP) is 2.03. The first-order valence-electron chi connectivity index (χ1n) is 4.97. The fourth-order valence-corrected chi connectivity index (χ4v) is 2.15. The third kappa shape index (κ3) is 2.28. The topological polar surface area (TPSA) is 46.1 Å². The summed E-state index contributed by atoms with van der Waals surface area (Å²) in [5.41, 5.74) is 0.747. The van der Waals surface area contributed by atoms with Crippen LogP contribution in [0.15, 0.2) is 6.07 Å². The van der Waals surface area contributed by atoms with Crippen LogP contribution in [0, 0.1) is 12.8 Å². The van der Waals surface area contributed by atoms with Gasteiger partial charge in [0, 0.05) is 24.5 Å². The van der Waals surface area contributed by atoms with Crippen LogP contribution in [-0.2, 0) is 4.79 Å². The van der Waals surface area contributed by atoms with Crippen LogP contribution in [-0.4, -0.2) is 28.3 Å². The third-order valence-electron chi connectivity index (χ3n) is 2.48. The quantitative estimate of drug-likeness (QED) is 0.603. The van der Waals surface area contributed by atoms with E-state index in [2.05, 4.69) is 9.97 Å². The molecule has 1 unspecified atom stereocenters. The molecule has 1 amide bonds. The van der Waals surface area contributed by atoms with E-state index in [0.717, 1.165) is 5.69 Å². The fourth-order valence-electron chi connectivity index (χ4n) is 1.71. The Kier molecular flexibility index (Phi) is 3.30. The molecule has 0 aromatic carbocycles. The van der Waals surface area contributed by atoms with E-state index in [4.69, 9.17) is 23.2 Å². The van der Waals surface area contributed by atoms with Gasteiger partial charge in [0.2, 0.25) is 11.9 Å². The standard InChI is InChI=1S/C10H11Cl2N3O/c1-6-2-8(12)14-10(13-6)15-5-7(4-11)3-9(15)16/h2,7H,3-5H2,1H3. The molecule has 0 bridgehead atoms. The highest BCUT2D eigenvalue weighted by Gasteiger charge is 2.31. The molecule has 1 aromatic heterocycles. The van der Waals surface area contributed by atoms with Crippen molar-refractivity contribution >= 4 is 35.1 Å². The van der Waals surface area contributed by atoms with Gasteiger partial charge in [-0.1, -0.05) is 11.6 Å². The van der Waals surface area contributed by atoms with Gasteiger partial charge in [0.1, 0.15) is 5.15 Å². The lowest BCUT2D eigenvalue weighted by molar-refractivity contribution is -0.117. The van der Waals surface area contributed by atoms with Crippen LogP contribution >= 0.6 is 23.2 Å². The van der Waals surface area contributed by atoms with Crippen LogP contribution in [0.2, 0.25) is 5.15 Å². The van der Waals surface area contributed by atoms with Gasteiger partial charge in [-0.2, -0.15) is 0 Å². The zero-order valence-electron chi connectivity index (χ0n) is 8.78. The van der Waals surface area contributed by atoms with Crippen molar-refractivity contribution in [2.75, 3.05) is 17.3 Å². The summed E-state index contributed by atoms with van der Waals surface area (Å²) in [6.07, 6.45) is 0.457. The van der Waals surface area contributed by atoms with Crippen molar-refractivity contribution in [1.29, 1.82) is 0 Å². The van der Waals surface area contributed by atoms with Crippen molar-refractivity contribution in [3.8, 4) is 0 Å². The van der Waals surface area contributed by atoms with Crippen molar-refractivity contribution in [3.05, 3.63) is 16.9 Å². The number of nitrogens with zero attached hydrogens (tertiary/aromatic N) is 3. The SMILES string of the molecule is Cc1cc(Cl)nc(N2CC(CCl)CC2=O)n1. The summed E-state index contributed by atoms with van der Waals surface area (Å²) in [5.74, 6) is 1.04. The van der Waals surface area contributed by atoms with Gasteiger partial charge in [0.25, 0.3) is 0 Å². The number of aryl methyl sites for hydroxylation is 1. The Labute approximate surface area is 104 Å². The molecule has 4 nitrogen and oxygen atoms in total. The second kappa shape index (κ2) is 4.55. The molecule has 2 rings (SSSR count). The predicted molar refractivity (Wildman–Crippen MR) is 63.0 cm³/mol. The van der Waals surface area contributed by atoms with Crippen LogP contribution in [0.4, 0.5) is 5.95 Å². The Balaban J connectivity index is 2.27. The maximum Gasteiger partial charge on any atom is 0.233 e. The number of carbonyl (C=O) groups is 1. The van der Waals surface area contributed by atoms with Crippen LogP contribution in [0.5, 0.6) is 0 Å². The van der Waals surface area contributed by atoms with Gasteiger partial charge >= 0.3 is 0 Å². The lowest BCUT2D eigenvalue weighted by atomic mass is 10.2. The molecule has 6 heteroatoms. The van der Waals surface area contributed by atoms with Crippen molar-refractivity contribution in [2.24, 2.45) is 5.92 Å². The van der Waals surface area contributed by atoms with Gasteiger partial charge in [-0.05, 0) is 18.9 Å². The number of hydrogen-bond acceptors (Lipinski definition) is 3. The summed E-state index contributed by atoms with van der Waals surface area (Å²) in [6, 6.07) is 1.66. The molecule has 1 aromatic rings. The van der Waals surface area contributed by atoms with Gasteiger partial charge in [-0.15, -0.1) is 11.6 Å².